The second-order valence-electron chi connectivity index (χ2n) is 2.54. The molecule has 0 heterocycles. The van der Waals surface area contributed by atoms with Gasteiger partial charge in [0.1, 0.15) is 0 Å². The van der Waals surface area contributed by atoms with E-state index in [2.05, 4.69) is 24.1 Å². The lowest BCUT2D eigenvalue weighted by atomic mass is 10.4. The summed E-state index contributed by atoms with van der Waals surface area (Å²) in [5.41, 5.74) is 0. The molecule has 0 amide bonds. The van der Waals surface area contributed by atoms with Crippen molar-refractivity contribution in [2.24, 2.45) is 0 Å². The summed E-state index contributed by atoms with van der Waals surface area (Å²) in [7, 11) is 2.00. The van der Waals surface area contributed by atoms with E-state index in [1.54, 1.807) is 0 Å². The van der Waals surface area contributed by atoms with Gasteiger partial charge in [-0.05, 0) is 26.6 Å². The molecule has 1 N–H and O–H groups in total. The Labute approximate surface area is 78.3 Å². The fraction of sp³-hybridized carbons (Fsp3) is 1.00. The minimum Gasteiger partial charge on any atom is -0.318 e. The Hall–Kier alpha value is -0.0800. The fourth-order valence-electron chi connectivity index (χ4n) is 1.01. The fourth-order valence-corrected chi connectivity index (χ4v) is 1.01. The van der Waals surface area contributed by atoms with Gasteiger partial charge in [-0.25, -0.2) is 0 Å². The van der Waals surface area contributed by atoms with Gasteiger partial charge in [0, 0.05) is 13.1 Å². The monoisotopic (exact) mass is 174 g/mol. The molecule has 0 unspecified atom stereocenters. The van der Waals surface area contributed by atoms with Crippen molar-refractivity contribution in [3.05, 3.63) is 0 Å². The van der Waals surface area contributed by atoms with E-state index >= 15 is 0 Å². The molecule has 0 rings (SSSR count). The maximum Gasteiger partial charge on any atom is 0.0107 e. The third-order valence-electron chi connectivity index (χ3n) is 1.67. The van der Waals surface area contributed by atoms with Crippen molar-refractivity contribution in [2.75, 3.05) is 33.2 Å². The third-order valence-corrected chi connectivity index (χ3v) is 1.67. The lowest BCUT2D eigenvalue weighted by molar-refractivity contribution is 0.290. The van der Waals surface area contributed by atoms with Crippen LogP contribution in [0.4, 0.5) is 0 Å². The van der Waals surface area contributed by atoms with Crippen LogP contribution in [0.25, 0.3) is 0 Å². The van der Waals surface area contributed by atoms with Gasteiger partial charge < -0.3 is 10.2 Å². The number of likely N-dealkylation sites (N-methyl/N-ethyl adjacent to an activating group) is 2. The molecule has 76 valence electrons. The molecule has 0 aromatic rings. The first-order valence-electron chi connectivity index (χ1n) is 5.22. The molecule has 0 saturated heterocycles. The van der Waals surface area contributed by atoms with Gasteiger partial charge >= 0.3 is 0 Å². The first-order valence-corrected chi connectivity index (χ1v) is 5.22. The highest BCUT2D eigenvalue weighted by molar-refractivity contribution is 4.54. The lowest BCUT2D eigenvalue weighted by Crippen LogP contribution is -2.31. The van der Waals surface area contributed by atoms with Crippen molar-refractivity contribution >= 4 is 0 Å². The molecule has 0 aliphatic heterocycles. The summed E-state index contributed by atoms with van der Waals surface area (Å²) in [6, 6.07) is 0. The maximum atomic E-state index is 3.15. The van der Waals surface area contributed by atoms with Crippen LogP contribution >= 0.6 is 0 Å². The lowest BCUT2D eigenvalue weighted by Gasteiger charge is -2.18. The molecular formula is C10H26N2. The molecule has 0 spiro atoms. The van der Waals surface area contributed by atoms with Crippen LogP contribution in [-0.4, -0.2) is 38.1 Å². The number of nitrogens with one attached hydrogen (secondary N) is 1. The molecule has 2 heteroatoms. The van der Waals surface area contributed by atoms with E-state index in [9.17, 15) is 0 Å². The van der Waals surface area contributed by atoms with Crippen LogP contribution in [0.2, 0.25) is 0 Å². The van der Waals surface area contributed by atoms with E-state index in [0.717, 1.165) is 6.54 Å². The largest absolute Gasteiger partial charge is 0.318 e. The second kappa shape index (κ2) is 13.5. The van der Waals surface area contributed by atoms with Crippen LogP contribution in [0.3, 0.4) is 0 Å². The Morgan fingerprint density at radius 3 is 2.00 bits per heavy atom. The highest BCUT2D eigenvalue weighted by Gasteiger charge is 1.97. The molecule has 2 nitrogen and oxygen atoms in total. The molecule has 0 aliphatic carbocycles. The topological polar surface area (TPSA) is 15.3 Å². The molecule has 0 atom stereocenters. The Morgan fingerprint density at radius 1 is 1.08 bits per heavy atom. The summed E-state index contributed by atoms with van der Waals surface area (Å²) in [4.78, 5) is 2.45. The molecule has 0 radical (unpaired) electrons. The van der Waals surface area contributed by atoms with Crippen LogP contribution in [0, 0.1) is 0 Å². The molecule has 0 fully saturated rings. The first kappa shape index (κ1) is 14.4. The van der Waals surface area contributed by atoms with Crippen molar-refractivity contribution in [2.45, 2.75) is 34.1 Å². The van der Waals surface area contributed by atoms with E-state index in [0.29, 0.717) is 0 Å². The van der Waals surface area contributed by atoms with Gasteiger partial charge in [-0.1, -0.05) is 27.7 Å². The van der Waals surface area contributed by atoms with Gasteiger partial charge in [0.2, 0.25) is 0 Å². The predicted octanol–water partition coefficient (Wildman–Crippen LogP) is 1.96. The highest BCUT2D eigenvalue weighted by atomic mass is 15.1. The average Bonchev–Trinajstić information content (AvgIpc) is 2.15. The summed E-state index contributed by atoms with van der Waals surface area (Å²) in [6.07, 6.45) is 1.26. The van der Waals surface area contributed by atoms with Crippen molar-refractivity contribution < 1.29 is 0 Å². The molecule has 0 aromatic carbocycles. The third kappa shape index (κ3) is 9.92. The standard InChI is InChI=1S/C8H20N2.C2H6/c1-4-7-10(5-2)8-6-9-3;1-2/h9H,4-8H2,1-3H3;1-2H3. The number of rotatable bonds is 6. The van der Waals surface area contributed by atoms with E-state index < -0.39 is 0 Å². The quantitative estimate of drug-likeness (QED) is 0.662. The molecule has 0 saturated carbocycles. The number of nitrogens with zero attached hydrogens (tertiary/aromatic N) is 1. The number of hydrogen-bond acceptors (Lipinski definition) is 2. The summed E-state index contributed by atoms with van der Waals surface area (Å²) in [6.45, 7) is 13.1. The average molecular weight is 174 g/mol. The Morgan fingerprint density at radius 2 is 1.67 bits per heavy atom. The van der Waals surface area contributed by atoms with Gasteiger partial charge in [0.05, 0.1) is 0 Å². The van der Waals surface area contributed by atoms with Crippen LogP contribution < -0.4 is 5.32 Å². The van der Waals surface area contributed by atoms with Crippen LogP contribution in [-0.2, 0) is 0 Å². The predicted molar refractivity (Wildman–Crippen MR) is 57.7 cm³/mol. The van der Waals surface area contributed by atoms with Crippen molar-refractivity contribution in [3.63, 3.8) is 0 Å². The molecular weight excluding hydrogens is 148 g/mol. The van der Waals surface area contributed by atoms with Crippen molar-refractivity contribution in [1.82, 2.24) is 10.2 Å². The van der Waals surface area contributed by atoms with Gasteiger partial charge in [0.25, 0.3) is 0 Å². The zero-order chi connectivity index (χ0) is 9.82. The van der Waals surface area contributed by atoms with E-state index in [4.69, 9.17) is 0 Å². The van der Waals surface area contributed by atoms with Gasteiger partial charge in [-0.2, -0.15) is 0 Å². The van der Waals surface area contributed by atoms with E-state index in [1.165, 1.54) is 26.1 Å². The first-order chi connectivity index (χ1) is 5.85. The maximum absolute atomic E-state index is 3.15. The Balaban J connectivity index is 0. The summed E-state index contributed by atoms with van der Waals surface area (Å²) in [5, 5.41) is 3.15. The number of hydrogen-bond donors (Lipinski definition) is 1. The van der Waals surface area contributed by atoms with Crippen molar-refractivity contribution in [3.8, 4) is 0 Å². The van der Waals surface area contributed by atoms with Gasteiger partial charge in [-0.3, -0.25) is 0 Å². The van der Waals surface area contributed by atoms with Gasteiger partial charge in [0.15, 0.2) is 0 Å². The smallest absolute Gasteiger partial charge is 0.0107 e. The summed E-state index contributed by atoms with van der Waals surface area (Å²) < 4.78 is 0. The molecule has 12 heavy (non-hydrogen) atoms. The van der Waals surface area contributed by atoms with Crippen molar-refractivity contribution in [1.29, 1.82) is 0 Å². The van der Waals surface area contributed by atoms with Crippen LogP contribution in [0.15, 0.2) is 0 Å². The normalized spacial score (nSPS) is 9.50. The Bertz CT molecular complexity index is 64.9. The molecule has 0 bridgehead atoms. The zero-order valence-corrected chi connectivity index (χ0v) is 9.48. The summed E-state index contributed by atoms with van der Waals surface area (Å²) in [5.74, 6) is 0. The molecule has 0 aromatic heterocycles. The second-order valence-corrected chi connectivity index (χ2v) is 2.54. The SMILES string of the molecule is CC.CCCN(CC)CCNC. The zero-order valence-electron chi connectivity index (χ0n) is 9.48. The van der Waals surface area contributed by atoms with Crippen LogP contribution in [0.5, 0.6) is 0 Å². The van der Waals surface area contributed by atoms with E-state index in [-0.39, 0.29) is 0 Å². The minimum absolute atomic E-state index is 1.10. The minimum atomic E-state index is 1.10. The van der Waals surface area contributed by atoms with Crippen LogP contribution in [0.1, 0.15) is 34.1 Å². The Kier molecular flexibility index (Phi) is 16.3. The summed E-state index contributed by atoms with van der Waals surface area (Å²) >= 11 is 0. The molecule has 0 aliphatic rings. The van der Waals surface area contributed by atoms with E-state index in [1.807, 2.05) is 20.9 Å². The highest BCUT2D eigenvalue weighted by Crippen LogP contribution is 1.88. The van der Waals surface area contributed by atoms with Gasteiger partial charge in [-0.15, -0.1) is 0 Å².